The van der Waals surface area contributed by atoms with E-state index >= 15 is 0 Å². The molecule has 7 heteroatoms. The predicted octanol–water partition coefficient (Wildman–Crippen LogP) is 2.86. The minimum Gasteiger partial charge on any atom is -0.361 e. The summed E-state index contributed by atoms with van der Waals surface area (Å²) >= 11 is 0. The van der Waals surface area contributed by atoms with Gasteiger partial charge in [0.2, 0.25) is 5.91 Å². The van der Waals surface area contributed by atoms with Crippen molar-refractivity contribution in [2.24, 2.45) is 0 Å². The molecule has 1 saturated carbocycles. The first-order valence-electron chi connectivity index (χ1n) is 10.1. The van der Waals surface area contributed by atoms with Crippen molar-refractivity contribution in [3.63, 3.8) is 0 Å². The van der Waals surface area contributed by atoms with E-state index in [1.807, 2.05) is 36.7 Å². The lowest BCUT2D eigenvalue weighted by atomic mass is 10.1. The highest BCUT2D eigenvalue weighted by Gasteiger charge is 2.53. The highest BCUT2D eigenvalue weighted by atomic mass is 16.2. The van der Waals surface area contributed by atoms with E-state index in [2.05, 4.69) is 35.8 Å². The van der Waals surface area contributed by atoms with Crippen molar-refractivity contribution in [3.05, 3.63) is 54.6 Å². The summed E-state index contributed by atoms with van der Waals surface area (Å²) in [6, 6.07) is 10.2. The fourth-order valence-corrected chi connectivity index (χ4v) is 4.77. The van der Waals surface area contributed by atoms with Gasteiger partial charge in [-0.25, -0.2) is 9.97 Å². The zero-order valence-electron chi connectivity index (χ0n) is 16.1. The molecule has 146 valence electrons. The van der Waals surface area contributed by atoms with Gasteiger partial charge in [-0.2, -0.15) is 0 Å². The number of para-hydroxylation sites is 1. The summed E-state index contributed by atoms with van der Waals surface area (Å²) in [7, 11) is 0. The third-order valence-electron chi connectivity index (χ3n) is 6.43. The van der Waals surface area contributed by atoms with Crippen molar-refractivity contribution in [3.8, 4) is 0 Å². The zero-order chi connectivity index (χ0) is 19.4. The standard InChI is InChI=1S/C22H22N6O/c29-19(11-15-12-24-18-4-2-1-3-16(15)18)28-10-9-27(13-22(28)6-7-22)21-17-5-8-23-20(17)25-14-26-21/h1-5,8,12,14,24H,6-7,9-11,13H2,(H,23,25,26). The number of fused-ring (bicyclic) bond motifs is 2. The molecular formula is C22H22N6O. The minimum atomic E-state index is -0.0466. The van der Waals surface area contributed by atoms with E-state index in [1.54, 1.807) is 6.33 Å². The normalized spacial score (nSPS) is 18.1. The first-order valence-corrected chi connectivity index (χ1v) is 10.1. The molecule has 1 spiro atoms. The number of hydrogen-bond donors (Lipinski definition) is 2. The molecule has 0 bridgehead atoms. The van der Waals surface area contributed by atoms with Gasteiger partial charge in [-0.05, 0) is 30.5 Å². The monoisotopic (exact) mass is 386 g/mol. The van der Waals surface area contributed by atoms with Gasteiger partial charge in [0, 0.05) is 42.9 Å². The molecule has 4 heterocycles. The molecule has 1 aliphatic carbocycles. The topological polar surface area (TPSA) is 80.9 Å². The molecule has 4 aromatic rings. The van der Waals surface area contributed by atoms with Crippen LogP contribution in [0.3, 0.4) is 0 Å². The first-order chi connectivity index (χ1) is 14.2. The molecule has 0 radical (unpaired) electrons. The average molecular weight is 386 g/mol. The molecular weight excluding hydrogens is 364 g/mol. The summed E-state index contributed by atoms with van der Waals surface area (Å²) in [4.78, 5) is 33.0. The van der Waals surface area contributed by atoms with Crippen LogP contribution in [-0.4, -0.2) is 55.9 Å². The van der Waals surface area contributed by atoms with E-state index in [4.69, 9.17) is 0 Å². The van der Waals surface area contributed by atoms with Crippen LogP contribution < -0.4 is 4.90 Å². The smallest absolute Gasteiger partial charge is 0.227 e. The van der Waals surface area contributed by atoms with E-state index in [0.717, 1.165) is 65.8 Å². The van der Waals surface area contributed by atoms with Crippen LogP contribution in [0.1, 0.15) is 18.4 Å². The Morgan fingerprint density at radius 1 is 1.07 bits per heavy atom. The largest absolute Gasteiger partial charge is 0.361 e. The Bertz CT molecular complexity index is 1220. The van der Waals surface area contributed by atoms with Crippen LogP contribution in [-0.2, 0) is 11.2 Å². The number of H-pyrrole nitrogens is 2. The minimum absolute atomic E-state index is 0.0466. The Kier molecular flexibility index (Phi) is 3.47. The third kappa shape index (κ3) is 2.61. The number of aromatic nitrogens is 4. The van der Waals surface area contributed by atoms with Gasteiger partial charge >= 0.3 is 0 Å². The van der Waals surface area contributed by atoms with Gasteiger partial charge in [0.1, 0.15) is 17.8 Å². The number of aromatic amines is 2. The number of hydrogen-bond acceptors (Lipinski definition) is 4. The van der Waals surface area contributed by atoms with Gasteiger partial charge < -0.3 is 19.8 Å². The molecule has 1 aromatic carbocycles. The molecule has 2 aliphatic rings. The molecule has 0 atom stereocenters. The van der Waals surface area contributed by atoms with E-state index in [-0.39, 0.29) is 11.4 Å². The van der Waals surface area contributed by atoms with Gasteiger partial charge in [0.05, 0.1) is 17.3 Å². The van der Waals surface area contributed by atoms with Crippen molar-refractivity contribution >= 4 is 33.7 Å². The van der Waals surface area contributed by atoms with Crippen molar-refractivity contribution in [1.29, 1.82) is 0 Å². The Morgan fingerprint density at radius 2 is 1.97 bits per heavy atom. The molecule has 2 fully saturated rings. The molecule has 1 aliphatic heterocycles. The zero-order valence-corrected chi connectivity index (χ0v) is 16.1. The molecule has 29 heavy (non-hydrogen) atoms. The second-order valence-corrected chi connectivity index (χ2v) is 8.16. The van der Waals surface area contributed by atoms with E-state index in [9.17, 15) is 4.79 Å². The van der Waals surface area contributed by atoms with E-state index in [0.29, 0.717) is 6.42 Å². The lowest BCUT2D eigenvalue weighted by Crippen LogP contribution is -2.57. The van der Waals surface area contributed by atoms with Gasteiger partial charge in [-0.15, -0.1) is 0 Å². The molecule has 2 N–H and O–H groups in total. The van der Waals surface area contributed by atoms with Crippen molar-refractivity contribution in [1.82, 2.24) is 24.8 Å². The third-order valence-corrected chi connectivity index (χ3v) is 6.43. The molecule has 6 rings (SSSR count). The Labute approximate surface area is 167 Å². The summed E-state index contributed by atoms with van der Waals surface area (Å²) in [5.41, 5.74) is 2.97. The number of carbonyl (C=O) groups is 1. The SMILES string of the molecule is O=C(Cc1c[nH]c2ccccc12)N1CCN(c2ncnc3[nH]ccc23)CC12CC2. The Balaban J connectivity index is 1.24. The number of nitrogens with one attached hydrogen (secondary N) is 2. The summed E-state index contributed by atoms with van der Waals surface area (Å²) in [6.07, 6.45) is 8.05. The maximum Gasteiger partial charge on any atom is 0.227 e. The van der Waals surface area contributed by atoms with Crippen LogP contribution in [0.5, 0.6) is 0 Å². The first kappa shape index (κ1) is 16.6. The van der Waals surface area contributed by atoms with Crippen LogP contribution >= 0.6 is 0 Å². The van der Waals surface area contributed by atoms with Gasteiger partial charge in [0.15, 0.2) is 0 Å². The fourth-order valence-electron chi connectivity index (χ4n) is 4.77. The summed E-state index contributed by atoms with van der Waals surface area (Å²) < 4.78 is 0. The van der Waals surface area contributed by atoms with Crippen molar-refractivity contribution in [2.45, 2.75) is 24.8 Å². The van der Waals surface area contributed by atoms with Gasteiger partial charge in [-0.3, -0.25) is 4.79 Å². The predicted molar refractivity (Wildman–Crippen MR) is 112 cm³/mol. The lowest BCUT2D eigenvalue weighted by molar-refractivity contribution is -0.134. The number of piperazine rings is 1. The summed E-state index contributed by atoms with van der Waals surface area (Å²) in [5.74, 6) is 1.19. The maximum atomic E-state index is 13.2. The fraction of sp³-hybridized carbons (Fsp3) is 0.318. The Hall–Kier alpha value is -3.35. The number of anilines is 1. The second-order valence-electron chi connectivity index (χ2n) is 8.16. The molecule has 7 nitrogen and oxygen atoms in total. The van der Waals surface area contributed by atoms with Crippen LogP contribution in [0.25, 0.3) is 21.9 Å². The molecule has 0 unspecified atom stereocenters. The number of benzene rings is 1. The number of rotatable bonds is 3. The van der Waals surface area contributed by atoms with Crippen LogP contribution in [0.4, 0.5) is 5.82 Å². The lowest BCUT2D eigenvalue weighted by Gasteiger charge is -2.43. The van der Waals surface area contributed by atoms with Gasteiger partial charge in [0.25, 0.3) is 0 Å². The van der Waals surface area contributed by atoms with Crippen LogP contribution in [0, 0.1) is 0 Å². The van der Waals surface area contributed by atoms with E-state index < -0.39 is 0 Å². The van der Waals surface area contributed by atoms with Crippen molar-refractivity contribution < 1.29 is 4.79 Å². The molecule has 3 aromatic heterocycles. The number of amides is 1. The highest BCUT2D eigenvalue weighted by molar-refractivity contribution is 5.90. The maximum absolute atomic E-state index is 13.2. The quantitative estimate of drug-likeness (QED) is 0.567. The van der Waals surface area contributed by atoms with Crippen molar-refractivity contribution in [2.75, 3.05) is 24.5 Å². The number of nitrogens with zero attached hydrogens (tertiary/aromatic N) is 4. The number of carbonyl (C=O) groups excluding carboxylic acids is 1. The van der Waals surface area contributed by atoms with Gasteiger partial charge in [-0.1, -0.05) is 18.2 Å². The second kappa shape index (κ2) is 6.07. The van der Waals surface area contributed by atoms with E-state index in [1.165, 1.54) is 0 Å². The summed E-state index contributed by atoms with van der Waals surface area (Å²) in [6.45, 7) is 2.36. The Morgan fingerprint density at radius 3 is 2.86 bits per heavy atom. The summed E-state index contributed by atoms with van der Waals surface area (Å²) in [5, 5.41) is 2.18. The highest BCUT2D eigenvalue weighted by Crippen LogP contribution is 2.45. The van der Waals surface area contributed by atoms with Crippen LogP contribution in [0.15, 0.2) is 49.1 Å². The van der Waals surface area contributed by atoms with Crippen LogP contribution in [0.2, 0.25) is 0 Å². The average Bonchev–Trinajstić information content (AvgIpc) is 3.16. The molecule has 1 saturated heterocycles. The molecule has 1 amide bonds.